The average Bonchev–Trinajstić information content (AvgIpc) is 2.64. The molecule has 0 heteroatoms. The summed E-state index contributed by atoms with van der Waals surface area (Å²) in [5.74, 6) is 0. The lowest BCUT2D eigenvalue weighted by atomic mass is 10.0. The highest BCUT2D eigenvalue weighted by molar-refractivity contribution is 5.63. The van der Waals surface area contributed by atoms with Crippen molar-refractivity contribution in [3.63, 3.8) is 0 Å². The maximum atomic E-state index is 3.71. The molecule has 2 rings (SSSR count). The van der Waals surface area contributed by atoms with Gasteiger partial charge in [0.1, 0.15) is 0 Å². The smallest absolute Gasteiger partial charge is 0.0169 e. The highest BCUT2D eigenvalue weighted by Gasteiger charge is 1.98. The van der Waals surface area contributed by atoms with E-state index < -0.39 is 0 Å². The minimum atomic E-state index is 0.960. The van der Waals surface area contributed by atoms with Crippen LogP contribution in [-0.4, -0.2) is 0 Å². The Labute approximate surface area is 147 Å². The van der Waals surface area contributed by atoms with E-state index in [0.29, 0.717) is 0 Å². The Balaban J connectivity index is 1.81. The first-order valence-corrected chi connectivity index (χ1v) is 8.92. The summed E-state index contributed by atoms with van der Waals surface area (Å²) in [7, 11) is 0. The van der Waals surface area contributed by atoms with Gasteiger partial charge in [-0.05, 0) is 54.4 Å². The highest BCUT2D eigenvalue weighted by Crippen LogP contribution is 2.21. The Kier molecular flexibility index (Phi) is 7.83. The molecule has 0 saturated carbocycles. The molecule has 0 spiro atoms. The minimum Gasteiger partial charge on any atom is -0.103 e. The number of hydrogen-bond donors (Lipinski definition) is 0. The molecule has 0 radical (unpaired) electrons. The van der Waals surface area contributed by atoms with E-state index in [2.05, 4.69) is 86.3 Å². The Morgan fingerprint density at radius 1 is 0.708 bits per heavy atom. The van der Waals surface area contributed by atoms with Crippen LogP contribution in [0.2, 0.25) is 0 Å². The van der Waals surface area contributed by atoms with E-state index in [-0.39, 0.29) is 0 Å². The molecule has 0 nitrogen and oxygen atoms in total. The van der Waals surface area contributed by atoms with Gasteiger partial charge < -0.3 is 0 Å². The molecule has 124 valence electrons. The lowest BCUT2D eigenvalue weighted by Gasteiger charge is -2.05. The quantitative estimate of drug-likeness (QED) is 0.440. The van der Waals surface area contributed by atoms with E-state index in [1.54, 1.807) is 0 Å². The van der Waals surface area contributed by atoms with Crippen molar-refractivity contribution in [2.45, 2.75) is 39.0 Å². The van der Waals surface area contributed by atoms with Crippen molar-refractivity contribution in [3.8, 4) is 11.1 Å². The van der Waals surface area contributed by atoms with E-state index in [0.717, 1.165) is 32.1 Å². The van der Waals surface area contributed by atoms with Crippen LogP contribution in [0.25, 0.3) is 11.1 Å². The topological polar surface area (TPSA) is 0 Å². The van der Waals surface area contributed by atoms with E-state index in [9.17, 15) is 0 Å². The summed E-state index contributed by atoms with van der Waals surface area (Å²) >= 11 is 0. The third-order valence-corrected chi connectivity index (χ3v) is 4.16. The molecule has 2 aromatic rings. The van der Waals surface area contributed by atoms with Gasteiger partial charge in [0, 0.05) is 0 Å². The Bertz CT molecular complexity index is 654. The third kappa shape index (κ3) is 6.04. The molecule has 0 saturated heterocycles. The van der Waals surface area contributed by atoms with Gasteiger partial charge in [-0.1, -0.05) is 85.8 Å². The van der Waals surface area contributed by atoms with Crippen LogP contribution in [-0.2, 0) is 12.8 Å². The van der Waals surface area contributed by atoms with Crippen LogP contribution >= 0.6 is 0 Å². The number of hydrogen-bond acceptors (Lipinski definition) is 0. The zero-order valence-electron chi connectivity index (χ0n) is 14.7. The number of allylic oxidation sites excluding steroid dienone is 5. The van der Waals surface area contributed by atoms with Crippen molar-refractivity contribution in [2.75, 3.05) is 0 Å². The first-order chi connectivity index (χ1) is 11.8. The predicted octanol–water partition coefficient (Wildman–Crippen LogP) is 6.93. The number of benzene rings is 2. The van der Waals surface area contributed by atoms with Gasteiger partial charge >= 0.3 is 0 Å². The predicted molar refractivity (Wildman–Crippen MR) is 107 cm³/mol. The van der Waals surface area contributed by atoms with Crippen molar-refractivity contribution < 1.29 is 0 Å². The molecule has 0 amide bonds. The Morgan fingerprint density at radius 2 is 1.25 bits per heavy atom. The van der Waals surface area contributed by atoms with E-state index in [4.69, 9.17) is 0 Å². The number of rotatable bonds is 9. The van der Waals surface area contributed by atoms with Gasteiger partial charge in [0.05, 0.1) is 0 Å². The summed E-state index contributed by atoms with van der Waals surface area (Å²) in [6.07, 6.45) is 16.0. The monoisotopic (exact) mass is 316 g/mol. The molecule has 0 fully saturated rings. The van der Waals surface area contributed by atoms with Gasteiger partial charge in [0.2, 0.25) is 0 Å². The molecular formula is C24H28. The standard InChI is InChI=1S/C24H28/c1-3-5-6-7-8-9-10-11-12-22-15-19-24(20-16-22)23-17-13-21(4-2)14-18-23/h3,6-7,9-10,13-20H,1,4-5,8,11-12H2,2H3/b7-6+,10-9+. The maximum Gasteiger partial charge on any atom is -0.0169 e. The van der Waals surface area contributed by atoms with Crippen molar-refractivity contribution in [2.24, 2.45) is 0 Å². The maximum absolute atomic E-state index is 3.71. The molecule has 0 atom stereocenters. The molecular weight excluding hydrogens is 288 g/mol. The van der Waals surface area contributed by atoms with Crippen molar-refractivity contribution in [1.29, 1.82) is 0 Å². The van der Waals surface area contributed by atoms with E-state index in [1.165, 1.54) is 22.3 Å². The molecule has 0 heterocycles. The fraction of sp³-hybridized carbons (Fsp3) is 0.250. The SMILES string of the molecule is C=CC/C=C/C/C=C/CCc1ccc(-c2ccc(CC)cc2)cc1. The van der Waals surface area contributed by atoms with Crippen molar-refractivity contribution in [3.05, 3.63) is 96.6 Å². The Morgan fingerprint density at radius 3 is 1.83 bits per heavy atom. The lowest BCUT2D eigenvalue weighted by molar-refractivity contribution is 0.996. The van der Waals surface area contributed by atoms with Crippen molar-refractivity contribution >= 4 is 0 Å². The van der Waals surface area contributed by atoms with Crippen LogP contribution in [0.3, 0.4) is 0 Å². The van der Waals surface area contributed by atoms with E-state index >= 15 is 0 Å². The first-order valence-electron chi connectivity index (χ1n) is 8.92. The van der Waals surface area contributed by atoms with Crippen LogP contribution in [0.5, 0.6) is 0 Å². The van der Waals surface area contributed by atoms with Crippen LogP contribution in [0, 0.1) is 0 Å². The molecule has 24 heavy (non-hydrogen) atoms. The molecule has 0 bridgehead atoms. The average molecular weight is 316 g/mol. The number of aryl methyl sites for hydroxylation is 2. The molecule has 0 N–H and O–H groups in total. The zero-order chi connectivity index (χ0) is 17.0. The fourth-order valence-corrected chi connectivity index (χ4v) is 2.63. The van der Waals surface area contributed by atoms with Gasteiger partial charge in [-0.15, -0.1) is 6.58 Å². The summed E-state index contributed by atoms with van der Waals surface area (Å²) in [5.41, 5.74) is 5.38. The minimum absolute atomic E-state index is 0.960. The lowest BCUT2D eigenvalue weighted by Crippen LogP contribution is -1.85. The molecule has 0 aliphatic heterocycles. The Hall–Kier alpha value is -2.34. The van der Waals surface area contributed by atoms with Gasteiger partial charge in [-0.2, -0.15) is 0 Å². The van der Waals surface area contributed by atoms with Crippen molar-refractivity contribution in [1.82, 2.24) is 0 Å². The molecule has 0 unspecified atom stereocenters. The van der Waals surface area contributed by atoms with E-state index in [1.807, 2.05) is 6.08 Å². The van der Waals surface area contributed by atoms with Crippen LogP contribution in [0.15, 0.2) is 85.5 Å². The second-order valence-electron chi connectivity index (χ2n) is 5.99. The molecule has 2 aromatic carbocycles. The third-order valence-electron chi connectivity index (χ3n) is 4.16. The highest BCUT2D eigenvalue weighted by atomic mass is 14.0. The first kappa shape index (κ1) is 18.0. The van der Waals surface area contributed by atoms with Gasteiger partial charge in [-0.25, -0.2) is 0 Å². The van der Waals surface area contributed by atoms with Crippen LogP contribution < -0.4 is 0 Å². The molecule has 0 aliphatic rings. The fourth-order valence-electron chi connectivity index (χ4n) is 2.63. The molecule has 0 aromatic heterocycles. The molecule has 0 aliphatic carbocycles. The zero-order valence-corrected chi connectivity index (χ0v) is 14.7. The second-order valence-corrected chi connectivity index (χ2v) is 5.99. The summed E-state index contributed by atoms with van der Waals surface area (Å²) in [5, 5.41) is 0. The van der Waals surface area contributed by atoms with Gasteiger partial charge in [0.25, 0.3) is 0 Å². The summed E-state index contributed by atoms with van der Waals surface area (Å²) in [6.45, 7) is 5.90. The van der Waals surface area contributed by atoms with Crippen LogP contribution in [0.1, 0.15) is 37.3 Å². The normalized spacial score (nSPS) is 11.4. The summed E-state index contributed by atoms with van der Waals surface area (Å²) in [6, 6.07) is 17.8. The van der Waals surface area contributed by atoms with Gasteiger partial charge in [-0.3, -0.25) is 0 Å². The summed E-state index contributed by atoms with van der Waals surface area (Å²) in [4.78, 5) is 0. The van der Waals surface area contributed by atoms with Gasteiger partial charge in [0.15, 0.2) is 0 Å². The van der Waals surface area contributed by atoms with Crippen LogP contribution in [0.4, 0.5) is 0 Å². The largest absolute Gasteiger partial charge is 0.103 e. The second kappa shape index (κ2) is 10.4. The summed E-state index contributed by atoms with van der Waals surface area (Å²) < 4.78 is 0.